The average Bonchev–Trinajstić information content (AvgIpc) is 3.26. The highest BCUT2D eigenvalue weighted by Gasteiger charge is 2.19. The number of nitrogens with one attached hydrogen (secondary N) is 1. The Morgan fingerprint density at radius 1 is 1.08 bits per heavy atom. The van der Waals surface area contributed by atoms with Gasteiger partial charge in [0, 0.05) is 35.5 Å². The van der Waals surface area contributed by atoms with Gasteiger partial charge < -0.3 is 9.72 Å². The molecule has 2 aromatic carbocycles. The molecule has 26 heavy (non-hydrogen) atoms. The largest absolute Gasteiger partial charge is 0.384 e. The van der Waals surface area contributed by atoms with Gasteiger partial charge in [0.2, 0.25) is 0 Å². The zero-order valence-corrected chi connectivity index (χ0v) is 15.6. The van der Waals surface area contributed by atoms with Crippen LogP contribution in [0.2, 0.25) is 0 Å². The van der Waals surface area contributed by atoms with Gasteiger partial charge in [0.15, 0.2) is 11.0 Å². The van der Waals surface area contributed by atoms with E-state index >= 15 is 0 Å². The van der Waals surface area contributed by atoms with Crippen LogP contribution in [0, 0.1) is 6.92 Å². The lowest BCUT2D eigenvalue weighted by atomic mass is 10.1. The Morgan fingerprint density at radius 3 is 2.73 bits per heavy atom. The van der Waals surface area contributed by atoms with Gasteiger partial charge in [0.1, 0.15) is 0 Å². The molecule has 0 aliphatic carbocycles. The fourth-order valence-corrected chi connectivity index (χ4v) is 3.89. The van der Waals surface area contributed by atoms with E-state index in [-0.39, 0.29) is 0 Å². The summed E-state index contributed by atoms with van der Waals surface area (Å²) in [6.07, 6.45) is 2.01. The number of rotatable bonds is 6. The van der Waals surface area contributed by atoms with Crippen LogP contribution in [0.15, 0.2) is 59.9 Å². The maximum absolute atomic E-state index is 5.19. The topological polar surface area (TPSA) is 55.7 Å². The molecule has 0 spiro atoms. The van der Waals surface area contributed by atoms with Crippen LogP contribution in [0.1, 0.15) is 5.56 Å². The van der Waals surface area contributed by atoms with Gasteiger partial charge in [0.25, 0.3) is 0 Å². The number of methoxy groups -OCH3 is 1. The summed E-state index contributed by atoms with van der Waals surface area (Å²) in [6, 6.07) is 16.6. The molecule has 5 nitrogen and oxygen atoms in total. The second kappa shape index (κ2) is 7.35. The number of hydrogen-bond acceptors (Lipinski definition) is 4. The first-order chi connectivity index (χ1) is 12.8. The third kappa shape index (κ3) is 3.02. The van der Waals surface area contributed by atoms with Crippen LogP contribution in [0.3, 0.4) is 0 Å². The molecule has 0 saturated carbocycles. The van der Waals surface area contributed by atoms with Crippen molar-refractivity contribution < 1.29 is 4.74 Å². The van der Waals surface area contributed by atoms with Crippen LogP contribution < -0.4 is 0 Å². The smallest absolute Gasteiger partial charge is 0.196 e. The van der Waals surface area contributed by atoms with Crippen molar-refractivity contribution >= 4 is 22.7 Å². The van der Waals surface area contributed by atoms with Gasteiger partial charge in [-0.15, -0.1) is 10.2 Å². The molecule has 1 N–H and O–H groups in total. The Kier molecular flexibility index (Phi) is 4.77. The van der Waals surface area contributed by atoms with Crippen LogP contribution >= 0.6 is 11.8 Å². The summed E-state index contributed by atoms with van der Waals surface area (Å²) < 4.78 is 7.33. The highest BCUT2D eigenvalue weighted by Crippen LogP contribution is 2.33. The Hall–Kier alpha value is -2.57. The van der Waals surface area contributed by atoms with E-state index in [0.29, 0.717) is 6.61 Å². The van der Waals surface area contributed by atoms with Crippen molar-refractivity contribution in [3.63, 3.8) is 0 Å². The molecule has 0 atom stereocenters. The predicted molar refractivity (Wildman–Crippen MR) is 106 cm³/mol. The molecule has 4 rings (SSSR count). The molecule has 6 heteroatoms. The molecule has 4 aromatic rings. The molecule has 0 saturated heterocycles. The summed E-state index contributed by atoms with van der Waals surface area (Å²) in [4.78, 5) is 3.33. The van der Waals surface area contributed by atoms with E-state index in [2.05, 4.69) is 50.9 Å². The van der Waals surface area contributed by atoms with E-state index in [0.717, 1.165) is 38.9 Å². The highest BCUT2D eigenvalue weighted by atomic mass is 32.2. The first-order valence-electron chi connectivity index (χ1n) is 8.49. The number of para-hydroxylation sites is 2. The number of aryl methyl sites for hydroxylation is 1. The average molecular weight is 364 g/mol. The number of hydrogen-bond donors (Lipinski definition) is 1. The lowest BCUT2D eigenvalue weighted by molar-refractivity contribution is 0.218. The highest BCUT2D eigenvalue weighted by molar-refractivity contribution is 7.99. The van der Waals surface area contributed by atoms with E-state index in [1.54, 1.807) is 18.9 Å². The molecule has 0 aliphatic rings. The number of thioether (sulfide) groups is 1. The van der Waals surface area contributed by atoms with E-state index in [1.165, 1.54) is 5.56 Å². The minimum absolute atomic E-state index is 0.674. The summed E-state index contributed by atoms with van der Waals surface area (Å²) in [5, 5.41) is 11.0. The Bertz CT molecular complexity index is 1040. The zero-order chi connectivity index (χ0) is 17.9. The molecular formula is C20H20N4OS. The normalized spacial score (nSPS) is 11.3. The van der Waals surface area contributed by atoms with Crippen molar-refractivity contribution in [1.82, 2.24) is 19.7 Å². The molecule has 0 fully saturated rings. The third-order valence-electron chi connectivity index (χ3n) is 4.34. The monoisotopic (exact) mass is 364 g/mol. The second-order valence-corrected chi connectivity index (χ2v) is 7.08. The van der Waals surface area contributed by atoms with Gasteiger partial charge in [-0.1, -0.05) is 48.2 Å². The number of aromatic amines is 1. The van der Waals surface area contributed by atoms with Crippen LogP contribution in [0.5, 0.6) is 0 Å². The molecule has 132 valence electrons. The van der Waals surface area contributed by atoms with Crippen molar-refractivity contribution in [3.05, 3.63) is 60.3 Å². The van der Waals surface area contributed by atoms with Crippen LogP contribution in [-0.4, -0.2) is 39.2 Å². The van der Waals surface area contributed by atoms with Crippen LogP contribution in [-0.2, 0) is 4.74 Å². The molecular weight excluding hydrogens is 344 g/mol. The SMILES string of the molecule is COCCSc1nnc(-c2c[nH]c3ccccc23)n1-c1ccccc1C. The number of nitrogens with zero attached hydrogens (tertiary/aromatic N) is 3. The summed E-state index contributed by atoms with van der Waals surface area (Å²) in [7, 11) is 1.71. The Labute approximate surface area is 156 Å². The molecule has 2 aromatic heterocycles. The van der Waals surface area contributed by atoms with Gasteiger partial charge in [-0.3, -0.25) is 4.57 Å². The maximum Gasteiger partial charge on any atom is 0.196 e. The fourth-order valence-electron chi connectivity index (χ4n) is 3.04. The van der Waals surface area contributed by atoms with Crippen molar-refractivity contribution in [1.29, 1.82) is 0 Å². The van der Waals surface area contributed by atoms with Crippen molar-refractivity contribution in [2.45, 2.75) is 12.1 Å². The van der Waals surface area contributed by atoms with E-state index in [4.69, 9.17) is 4.74 Å². The van der Waals surface area contributed by atoms with E-state index < -0.39 is 0 Å². The van der Waals surface area contributed by atoms with Crippen molar-refractivity contribution in [2.24, 2.45) is 0 Å². The van der Waals surface area contributed by atoms with Crippen LogP contribution in [0.4, 0.5) is 0 Å². The fraction of sp³-hybridized carbons (Fsp3) is 0.200. The molecule has 0 amide bonds. The molecule has 2 heterocycles. The third-order valence-corrected chi connectivity index (χ3v) is 5.23. The summed E-state index contributed by atoms with van der Waals surface area (Å²) in [5.74, 6) is 1.67. The standard InChI is InChI=1S/C20H20N4OS/c1-14-7-3-6-10-18(14)24-19(22-23-20(24)26-12-11-25-2)16-13-21-17-9-5-4-8-15(16)17/h3-10,13,21H,11-12H2,1-2H3. The first-order valence-corrected chi connectivity index (χ1v) is 9.48. The maximum atomic E-state index is 5.19. The number of fused-ring (bicyclic) bond motifs is 1. The van der Waals surface area contributed by atoms with Gasteiger partial charge in [-0.05, 0) is 24.6 Å². The first kappa shape index (κ1) is 16.9. The van der Waals surface area contributed by atoms with Gasteiger partial charge in [-0.25, -0.2) is 0 Å². The van der Waals surface area contributed by atoms with Gasteiger partial charge in [-0.2, -0.15) is 0 Å². The van der Waals surface area contributed by atoms with Crippen molar-refractivity contribution in [3.8, 4) is 17.1 Å². The van der Waals surface area contributed by atoms with Gasteiger partial charge >= 0.3 is 0 Å². The summed E-state index contributed by atoms with van der Waals surface area (Å²) >= 11 is 1.65. The van der Waals surface area contributed by atoms with Gasteiger partial charge in [0.05, 0.1) is 12.3 Å². The minimum atomic E-state index is 0.674. The lowest BCUT2D eigenvalue weighted by Gasteiger charge is -2.12. The number of aromatic nitrogens is 4. The Balaban J connectivity index is 1.88. The van der Waals surface area contributed by atoms with Crippen molar-refractivity contribution in [2.75, 3.05) is 19.5 Å². The Morgan fingerprint density at radius 2 is 1.88 bits per heavy atom. The number of ether oxygens (including phenoxy) is 1. The van der Waals surface area contributed by atoms with E-state index in [9.17, 15) is 0 Å². The zero-order valence-electron chi connectivity index (χ0n) is 14.8. The molecule has 0 radical (unpaired) electrons. The van der Waals surface area contributed by atoms with Crippen LogP contribution in [0.25, 0.3) is 28.0 Å². The second-order valence-electron chi connectivity index (χ2n) is 6.02. The minimum Gasteiger partial charge on any atom is -0.384 e. The summed E-state index contributed by atoms with van der Waals surface area (Å²) in [6.45, 7) is 2.78. The molecule has 0 bridgehead atoms. The lowest BCUT2D eigenvalue weighted by Crippen LogP contribution is -2.02. The molecule has 0 aliphatic heterocycles. The molecule has 0 unspecified atom stereocenters. The number of H-pyrrole nitrogens is 1. The number of benzene rings is 2. The predicted octanol–water partition coefficient (Wildman–Crippen LogP) is 4.46. The summed E-state index contributed by atoms with van der Waals surface area (Å²) in [5.41, 5.74) is 4.42. The quantitative estimate of drug-likeness (QED) is 0.405. The van der Waals surface area contributed by atoms with E-state index in [1.807, 2.05) is 30.5 Å².